The Labute approximate surface area is 154 Å². The van der Waals surface area contributed by atoms with Gasteiger partial charge in [0.15, 0.2) is 0 Å². The number of unbranched alkanes of at least 4 members (excludes halogenated alkanes) is 5. The van der Waals surface area contributed by atoms with Gasteiger partial charge in [0, 0.05) is 5.56 Å². The molecule has 0 aliphatic carbocycles. The van der Waals surface area contributed by atoms with Crippen molar-refractivity contribution in [2.45, 2.75) is 51.9 Å². The molecule has 0 amide bonds. The van der Waals surface area contributed by atoms with Crippen molar-refractivity contribution < 1.29 is 4.74 Å². The van der Waals surface area contributed by atoms with E-state index < -0.39 is 0 Å². The van der Waals surface area contributed by atoms with Gasteiger partial charge in [-0.1, -0.05) is 63.3 Å². The number of nitrogens with zero attached hydrogens (tertiary/aromatic N) is 1. The first-order valence-corrected chi connectivity index (χ1v) is 10.2. The second-order valence-corrected chi connectivity index (χ2v) is 7.60. The molecule has 3 aromatic rings. The number of aromatic nitrogens is 1. The van der Waals surface area contributed by atoms with Gasteiger partial charge in [0.1, 0.15) is 10.8 Å². The van der Waals surface area contributed by atoms with Crippen LogP contribution in [-0.4, -0.2) is 12.1 Å². The average Bonchev–Trinajstić information content (AvgIpc) is 3.08. The highest BCUT2D eigenvalue weighted by Gasteiger charge is 2.07. The predicted molar refractivity (Wildman–Crippen MR) is 109 cm³/mol. The molecule has 0 saturated carbocycles. The fourth-order valence-electron chi connectivity index (χ4n) is 3.08. The molecule has 0 unspecified atom stereocenters. The Hall–Kier alpha value is -1.87. The molecule has 0 bridgehead atoms. The average molecular weight is 354 g/mol. The van der Waals surface area contributed by atoms with Crippen molar-refractivity contribution >= 4 is 21.6 Å². The number of methoxy groups -OCH3 is 1. The highest BCUT2D eigenvalue weighted by Crippen LogP contribution is 2.32. The highest BCUT2D eigenvalue weighted by molar-refractivity contribution is 7.21. The summed E-state index contributed by atoms with van der Waals surface area (Å²) in [6.45, 7) is 2.27. The predicted octanol–water partition coefficient (Wildman–Crippen LogP) is 6.87. The van der Waals surface area contributed by atoms with Crippen LogP contribution < -0.4 is 4.74 Å². The molecule has 0 aliphatic heterocycles. The normalized spacial score (nSPS) is 11.1. The van der Waals surface area contributed by atoms with E-state index in [4.69, 9.17) is 9.72 Å². The smallest absolute Gasteiger partial charge is 0.124 e. The summed E-state index contributed by atoms with van der Waals surface area (Å²) in [6, 6.07) is 15.0. The van der Waals surface area contributed by atoms with Gasteiger partial charge in [0.2, 0.25) is 0 Å². The first-order chi connectivity index (χ1) is 12.3. The lowest BCUT2D eigenvalue weighted by Gasteiger charge is -2.03. The molecule has 0 atom stereocenters. The lowest BCUT2D eigenvalue weighted by molar-refractivity contribution is 0.415. The van der Waals surface area contributed by atoms with Gasteiger partial charge >= 0.3 is 0 Å². The summed E-state index contributed by atoms with van der Waals surface area (Å²) in [6.07, 6.45) is 9.29. The SMILES string of the molecule is CCCCCCCCc1ccc(-c2nc3ccc(OC)cc3s2)cc1. The van der Waals surface area contributed by atoms with Gasteiger partial charge < -0.3 is 4.74 Å². The van der Waals surface area contributed by atoms with Crippen molar-refractivity contribution in [2.75, 3.05) is 7.11 Å². The van der Waals surface area contributed by atoms with Gasteiger partial charge in [-0.2, -0.15) is 0 Å². The van der Waals surface area contributed by atoms with E-state index in [2.05, 4.69) is 37.3 Å². The van der Waals surface area contributed by atoms with Gasteiger partial charge in [-0.3, -0.25) is 0 Å². The monoisotopic (exact) mass is 353 g/mol. The Kier molecular flexibility index (Phi) is 6.46. The number of hydrogen-bond donors (Lipinski definition) is 0. The van der Waals surface area contributed by atoms with Crippen LogP contribution >= 0.6 is 11.3 Å². The molecule has 25 heavy (non-hydrogen) atoms. The molecule has 2 aromatic carbocycles. The molecular formula is C22H27NOS. The Morgan fingerprint density at radius 1 is 0.920 bits per heavy atom. The fourth-order valence-corrected chi connectivity index (χ4v) is 4.08. The molecule has 3 rings (SSSR count). The molecule has 0 aliphatic rings. The van der Waals surface area contributed by atoms with Crippen LogP contribution in [-0.2, 0) is 6.42 Å². The highest BCUT2D eigenvalue weighted by atomic mass is 32.1. The minimum atomic E-state index is 0.886. The number of benzene rings is 2. The number of fused-ring (bicyclic) bond motifs is 1. The molecule has 0 N–H and O–H groups in total. The summed E-state index contributed by atoms with van der Waals surface area (Å²) < 4.78 is 6.47. The van der Waals surface area contributed by atoms with Gasteiger partial charge in [0.05, 0.1) is 17.3 Å². The summed E-state index contributed by atoms with van der Waals surface area (Å²) in [5.41, 5.74) is 3.67. The summed E-state index contributed by atoms with van der Waals surface area (Å²) in [7, 11) is 1.70. The van der Waals surface area contributed by atoms with Crippen molar-refractivity contribution in [3.63, 3.8) is 0 Å². The molecule has 0 spiro atoms. The Morgan fingerprint density at radius 3 is 2.44 bits per heavy atom. The lowest BCUT2D eigenvalue weighted by atomic mass is 10.0. The second kappa shape index (κ2) is 9.00. The number of aryl methyl sites for hydroxylation is 1. The molecule has 0 saturated heterocycles. The van der Waals surface area contributed by atoms with E-state index >= 15 is 0 Å². The van der Waals surface area contributed by atoms with Crippen LogP contribution in [0.1, 0.15) is 51.0 Å². The van der Waals surface area contributed by atoms with Crippen LogP contribution in [0.3, 0.4) is 0 Å². The zero-order valence-corrected chi connectivity index (χ0v) is 16.1. The molecule has 0 radical (unpaired) electrons. The van der Waals surface area contributed by atoms with E-state index in [1.54, 1.807) is 18.4 Å². The number of hydrogen-bond acceptors (Lipinski definition) is 3. The second-order valence-electron chi connectivity index (χ2n) is 6.57. The third-order valence-corrected chi connectivity index (χ3v) is 5.68. The molecule has 0 fully saturated rings. The maximum Gasteiger partial charge on any atom is 0.124 e. The van der Waals surface area contributed by atoms with Gasteiger partial charge in [-0.15, -0.1) is 11.3 Å². The van der Waals surface area contributed by atoms with E-state index in [1.807, 2.05) is 12.1 Å². The minimum absolute atomic E-state index is 0.886. The van der Waals surface area contributed by atoms with Crippen LogP contribution in [0.5, 0.6) is 5.75 Å². The van der Waals surface area contributed by atoms with Gasteiger partial charge in [-0.05, 0) is 36.6 Å². The third-order valence-electron chi connectivity index (χ3n) is 4.62. The van der Waals surface area contributed by atoms with E-state index in [0.717, 1.165) is 16.3 Å². The van der Waals surface area contributed by atoms with Crippen LogP contribution in [0.2, 0.25) is 0 Å². The lowest BCUT2D eigenvalue weighted by Crippen LogP contribution is -1.87. The Morgan fingerprint density at radius 2 is 1.68 bits per heavy atom. The summed E-state index contributed by atoms with van der Waals surface area (Å²) in [5.74, 6) is 0.886. The van der Waals surface area contributed by atoms with Crippen molar-refractivity contribution in [1.29, 1.82) is 0 Å². The number of ether oxygens (including phenoxy) is 1. The minimum Gasteiger partial charge on any atom is -0.497 e. The summed E-state index contributed by atoms with van der Waals surface area (Å²) in [5, 5.41) is 1.08. The topological polar surface area (TPSA) is 22.1 Å². The van der Waals surface area contributed by atoms with Gasteiger partial charge in [-0.25, -0.2) is 4.98 Å². The molecule has 3 heteroatoms. The largest absolute Gasteiger partial charge is 0.497 e. The molecule has 1 heterocycles. The third kappa shape index (κ3) is 4.82. The Balaban J connectivity index is 1.60. The quantitative estimate of drug-likeness (QED) is 0.391. The van der Waals surface area contributed by atoms with E-state index in [-0.39, 0.29) is 0 Å². The van der Waals surface area contributed by atoms with Crippen molar-refractivity contribution in [2.24, 2.45) is 0 Å². The van der Waals surface area contributed by atoms with E-state index in [9.17, 15) is 0 Å². The van der Waals surface area contributed by atoms with E-state index in [1.165, 1.54) is 60.8 Å². The fraction of sp³-hybridized carbons (Fsp3) is 0.409. The number of thiazole rings is 1. The van der Waals surface area contributed by atoms with Crippen LogP contribution in [0.25, 0.3) is 20.8 Å². The molecule has 1 aromatic heterocycles. The zero-order chi connectivity index (χ0) is 17.5. The maximum absolute atomic E-state index is 5.30. The molecular weight excluding hydrogens is 326 g/mol. The van der Waals surface area contributed by atoms with Crippen LogP contribution in [0.4, 0.5) is 0 Å². The van der Waals surface area contributed by atoms with Crippen molar-refractivity contribution in [3.05, 3.63) is 48.0 Å². The van der Waals surface area contributed by atoms with Crippen LogP contribution in [0, 0.1) is 0 Å². The van der Waals surface area contributed by atoms with Crippen LogP contribution in [0.15, 0.2) is 42.5 Å². The van der Waals surface area contributed by atoms with Crippen molar-refractivity contribution in [1.82, 2.24) is 4.98 Å². The molecule has 2 nitrogen and oxygen atoms in total. The number of rotatable bonds is 9. The molecule has 132 valence electrons. The van der Waals surface area contributed by atoms with Crippen molar-refractivity contribution in [3.8, 4) is 16.3 Å². The summed E-state index contributed by atoms with van der Waals surface area (Å²) in [4.78, 5) is 4.75. The Bertz CT molecular complexity index is 791. The standard InChI is InChI=1S/C22H27NOS/c1-3-4-5-6-7-8-9-17-10-12-18(13-11-17)22-23-20-15-14-19(24-2)16-21(20)25-22/h10-16H,3-9H2,1-2H3. The van der Waals surface area contributed by atoms with E-state index in [0.29, 0.717) is 0 Å². The summed E-state index contributed by atoms with van der Waals surface area (Å²) >= 11 is 1.72. The first kappa shape index (κ1) is 17.9. The first-order valence-electron chi connectivity index (χ1n) is 9.34. The van der Waals surface area contributed by atoms with Gasteiger partial charge in [0.25, 0.3) is 0 Å². The maximum atomic E-state index is 5.30. The zero-order valence-electron chi connectivity index (χ0n) is 15.3.